The summed E-state index contributed by atoms with van der Waals surface area (Å²) < 4.78 is 46.4. The third kappa shape index (κ3) is 3.49. The van der Waals surface area contributed by atoms with Crippen LogP contribution in [0.1, 0.15) is 40.6 Å². The number of ether oxygens (including phenoxy) is 1. The smallest absolute Gasteiger partial charge is 0.261 e. The van der Waals surface area contributed by atoms with E-state index in [1.807, 2.05) is 6.92 Å². The van der Waals surface area contributed by atoms with Gasteiger partial charge in [-0.1, -0.05) is 6.07 Å². The average molecular weight is 498 g/mol. The number of nitrogens with zero attached hydrogens (tertiary/aromatic N) is 5. The highest BCUT2D eigenvalue weighted by molar-refractivity contribution is 7.93. The summed E-state index contributed by atoms with van der Waals surface area (Å²) in [7, 11) is -0.348. The molecule has 0 fully saturated rings. The first-order valence-corrected chi connectivity index (χ1v) is 12.6. The number of sulfonamides is 1. The summed E-state index contributed by atoms with van der Waals surface area (Å²) in [4.78, 5) is 25.0. The van der Waals surface area contributed by atoms with Crippen molar-refractivity contribution >= 4 is 38.9 Å². The van der Waals surface area contributed by atoms with E-state index in [1.165, 1.54) is 28.4 Å². The number of pyridine rings is 2. The van der Waals surface area contributed by atoms with Crippen LogP contribution in [0.25, 0.3) is 0 Å². The maximum absolute atomic E-state index is 13.9. The molecule has 1 unspecified atom stereocenters. The topological polar surface area (TPSA) is 95.9 Å². The number of hydrogen-bond acceptors (Lipinski definition) is 7. The molecule has 1 amide bonds. The third-order valence-electron chi connectivity index (χ3n) is 6.48. The molecule has 11 heteroatoms. The molecule has 0 saturated heterocycles. The molecular weight excluding hydrogens is 473 g/mol. The Morgan fingerprint density at radius 2 is 1.89 bits per heavy atom. The van der Waals surface area contributed by atoms with Crippen molar-refractivity contribution in [3.05, 3.63) is 65.2 Å². The van der Waals surface area contributed by atoms with E-state index >= 15 is 0 Å². The highest BCUT2D eigenvalue weighted by atomic mass is 32.2. The minimum atomic E-state index is -3.48. The number of fused-ring (bicyclic) bond motifs is 3. The monoisotopic (exact) mass is 497 g/mol. The number of carbonyl (C=O) groups excluding carboxylic acids is 1. The second-order valence-electron chi connectivity index (χ2n) is 8.43. The van der Waals surface area contributed by atoms with Gasteiger partial charge in [0, 0.05) is 38.0 Å². The molecule has 0 N–H and O–H groups in total. The number of amides is 1. The summed E-state index contributed by atoms with van der Waals surface area (Å²) in [5, 5.41) is -0.733. The summed E-state index contributed by atoms with van der Waals surface area (Å²) in [5.74, 6) is 0.212. The Labute approximate surface area is 202 Å². The van der Waals surface area contributed by atoms with Crippen molar-refractivity contribution in [3.63, 3.8) is 0 Å². The number of carbonyl (C=O) groups is 1. The van der Waals surface area contributed by atoms with Gasteiger partial charge >= 0.3 is 0 Å². The normalized spacial score (nSPS) is 18.1. The molecule has 0 radical (unpaired) electrons. The molecule has 2 aliphatic heterocycles. The Bertz CT molecular complexity index is 1460. The third-order valence-corrected chi connectivity index (χ3v) is 8.57. The second kappa shape index (κ2) is 8.19. The fraction of sp³-hybridized carbons (Fsp3) is 0.292. The first-order chi connectivity index (χ1) is 16.6. The van der Waals surface area contributed by atoms with E-state index in [4.69, 9.17) is 4.74 Å². The number of rotatable bonds is 4. The first-order valence-electron chi connectivity index (χ1n) is 11.1. The van der Waals surface area contributed by atoms with Crippen molar-refractivity contribution < 1.29 is 22.3 Å². The number of benzene rings is 1. The van der Waals surface area contributed by atoms with Crippen molar-refractivity contribution in [1.82, 2.24) is 9.97 Å². The molecule has 0 spiro atoms. The fourth-order valence-corrected chi connectivity index (χ4v) is 5.99. The molecule has 1 aromatic carbocycles. The van der Waals surface area contributed by atoms with Crippen molar-refractivity contribution in [3.8, 4) is 5.75 Å². The maximum Gasteiger partial charge on any atom is 0.261 e. The van der Waals surface area contributed by atoms with Gasteiger partial charge in [-0.05, 0) is 44.2 Å². The van der Waals surface area contributed by atoms with Gasteiger partial charge in [-0.15, -0.1) is 0 Å². The highest BCUT2D eigenvalue weighted by Gasteiger charge is 2.40. The van der Waals surface area contributed by atoms with Crippen LogP contribution in [0.15, 0.2) is 42.6 Å². The van der Waals surface area contributed by atoms with Crippen molar-refractivity contribution in [1.29, 1.82) is 0 Å². The minimum Gasteiger partial charge on any atom is -0.488 e. The fourth-order valence-electron chi connectivity index (χ4n) is 4.55. The minimum absolute atomic E-state index is 0.0795. The molecule has 3 aromatic rings. The number of aromatic nitrogens is 2. The number of anilines is 4. The van der Waals surface area contributed by atoms with Gasteiger partial charge in [-0.25, -0.2) is 13.4 Å². The molecule has 4 heterocycles. The highest BCUT2D eigenvalue weighted by Crippen LogP contribution is 2.46. The summed E-state index contributed by atoms with van der Waals surface area (Å²) in [6.45, 7) is 4.01. The van der Waals surface area contributed by atoms with E-state index < -0.39 is 21.2 Å². The van der Waals surface area contributed by atoms with E-state index in [0.717, 1.165) is 0 Å². The standard InChI is InChI=1S/C24H24FN5O4S/c1-5-30-22-16(24(31)28(3)18-9-10-20(25)27-23(18)30)11-15(12-26-22)13-34-19-8-6-7-17-21(19)14(2)35(32,33)29(17)4/h6-12,14H,5,13H2,1-4H3. The SMILES string of the molecule is CCN1c2ncc(COc3cccc4c3C(C)S(=O)(=O)N4C)cc2C(=O)N(C)c2ccc(F)nc21. The predicted molar refractivity (Wildman–Crippen MR) is 130 cm³/mol. The van der Waals surface area contributed by atoms with Gasteiger partial charge in [0.25, 0.3) is 5.91 Å². The molecule has 35 heavy (non-hydrogen) atoms. The van der Waals surface area contributed by atoms with Gasteiger partial charge < -0.3 is 14.5 Å². The Morgan fingerprint density at radius 1 is 1.11 bits per heavy atom. The van der Waals surface area contributed by atoms with Crippen LogP contribution in [0, 0.1) is 5.95 Å². The number of halogens is 1. The van der Waals surface area contributed by atoms with Gasteiger partial charge in [-0.2, -0.15) is 9.37 Å². The van der Waals surface area contributed by atoms with E-state index in [1.54, 1.807) is 49.3 Å². The molecule has 2 aliphatic rings. The van der Waals surface area contributed by atoms with Gasteiger partial charge in [0.15, 0.2) is 5.82 Å². The van der Waals surface area contributed by atoms with Crippen LogP contribution in [-0.4, -0.2) is 44.9 Å². The van der Waals surface area contributed by atoms with Gasteiger partial charge in [0.1, 0.15) is 23.4 Å². The summed E-state index contributed by atoms with van der Waals surface area (Å²) in [5.41, 5.74) is 2.64. The molecule has 0 aliphatic carbocycles. The van der Waals surface area contributed by atoms with Crippen LogP contribution < -0.4 is 18.8 Å². The van der Waals surface area contributed by atoms with Crippen LogP contribution in [0.4, 0.5) is 27.4 Å². The molecule has 182 valence electrons. The molecule has 2 aromatic heterocycles. The zero-order valence-electron chi connectivity index (χ0n) is 19.7. The van der Waals surface area contributed by atoms with Crippen LogP contribution in [0.3, 0.4) is 0 Å². The maximum atomic E-state index is 13.9. The zero-order chi connectivity index (χ0) is 25.1. The predicted octanol–water partition coefficient (Wildman–Crippen LogP) is 3.78. The molecule has 9 nitrogen and oxygen atoms in total. The molecular formula is C24H24FN5O4S. The lowest BCUT2D eigenvalue weighted by Gasteiger charge is -2.22. The first kappa shape index (κ1) is 23.0. The molecule has 1 atom stereocenters. The van der Waals surface area contributed by atoms with Gasteiger partial charge in [-0.3, -0.25) is 9.10 Å². The average Bonchev–Trinajstić information content (AvgIpc) is 2.97. The van der Waals surface area contributed by atoms with E-state index in [-0.39, 0.29) is 12.5 Å². The zero-order valence-corrected chi connectivity index (χ0v) is 20.5. The van der Waals surface area contributed by atoms with Crippen LogP contribution in [0.2, 0.25) is 0 Å². The van der Waals surface area contributed by atoms with Crippen molar-refractivity contribution in [2.24, 2.45) is 0 Å². The van der Waals surface area contributed by atoms with Crippen molar-refractivity contribution in [2.45, 2.75) is 25.7 Å². The van der Waals surface area contributed by atoms with E-state index in [0.29, 0.717) is 52.0 Å². The molecule has 0 saturated carbocycles. The summed E-state index contributed by atoms with van der Waals surface area (Å²) in [6.07, 6.45) is 1.59. The number of hydrogen-bond donors (Lipinski definition) is 0. The Kier molecular flexibility index (Phi) is 5.39. The lowest BCUT2D eigenvalue weighted by atomic mass is 10.1. The largest absolute Gasteiger partial charge is 0.488 e. The van der Waals surface area contributed by atoms with E-state index in [2.05, 4.69) is 9.97 Å². The van der Waals surface area contributed by atoms with Gasteiger partial charge in [0.2, 0.25) is 16.0 Å². The quantitative estimate of drug-likeness (QED) is 0.506. The van der Waals surface area contributed by atoms with Crippen LogP contribution in [-0.2, 0) is 16.6 Å². The molecule has 5 rings (SSSR count). The van der Waals surface area contributed by atoms with Crippen LogP contribution >= 0.6 is 0 Å². The Balaban J connectivity index is 1.49. The van der Waals surface area contributed by atoms with E-state index in [9.17, 15) is 17.6 Å². The summed E-state index contributed by atoms with van der Waals surface area (Å²) in [6, 6.07) is 9.66. The Morgan fingerprint density at radius 3 is 2.63 bits per heavy atom. The second-order valence-corrected chi connectivity index (χ2v) is 10.7. The van der Waals surface area contributed by atoms with Crippen LogP contribution in [0.5, 0.6) is 5.75 Å². The Hall–Kier alpha value is -3.73. The lowest BCUT2D eigenvalue weighted by molar-refractivity contribution is 0.0994. The lowest BCUT2D eigenvalue weighted by Crippen LogP contribution is -2.25. The van der Waals surface area contributed by atoms with Crippen molar-refractivity contribution in [2.75, 3.05) is 34.7 Å². The molecule has 0 bridgehead atoms. The van der Waals surface area contributed by atoms with Gasteiger partial charge in [0.05, 0.1) is 16.9 Å². The summed E-state index contributed by atoms with van der Waals surface area (Å²) >= 11 is 0.